The molecule has 1 aromatic carbocycles. The zero-order chi connectivity index (χ0) is 13.4. The maximum Gasteiger partial charge on any atom is 0.241 e. The van der Waals surface area contributed by atoms with E-state index in [2.05, 4.69) is 17.4 Å². The molecule has 0 bridgehead atoms. The summed E-state index contributed by atoms with van der Waals surface area (Å²) < 4.78 is 0. The number of nitrogens with two attached hydrogens (primary N) is 1. The van der Waals surface area contributed by atoms with Crippen molar-refractivity contribution in [3.05, 3.63) is 29.3 Å². The summed E-state index contributed by atoms with van der Waals surface area (Å²) in [5.41, 5.74) is 9.63. The van der Waals surface area contributed by atoms with Crippen molar-refractivity contribution in [1.82, 2.24) is 4.90 Å². The van der Waals surface area contributed by atoms with Crippen molar-refractivity contribution >= 4 is 11.6 Å². The van der Waals surface area contributed by atoms with Gasteiger partial charge in [-0.25, -0.2) is 0 Å². The predicted octanol–water partition coefficient (Wildman–Crippen LogP) is 1.15. The Morgan fingerprint density at radius 2 is 2.16 bits per heavy atom. The van der Waals surface area contributed by atoms with Crippen molar-refractivity contribution in [1.29, 1.82) is 0 Å². The number of nitrogens with one attached hydrogen (secondary N) is 1. The molecule has 0 radical (unpaired) electrons. The van der Waals surface area contributed by atoms with Crippen LogP contribution in [0, 0.1) is 0 Å². The first-order valence-electron chi connectivity index (χ1n) is 7.02. The fourth-order valence-corrected chi connectivity index (χ4v) is 3.22. The van der Waals surface area contributed by atoms with Gasteiger partial charge in [0.15, 0.2) is 0 Å². The van der Waals surface area contributed by atoms with Crippen molar-refractivity contribution in [2.24, 2.45) is 5.73 Å². The molecule has 0 saturated carbocycles. The lowest BCUT2D eigenvalue weighted by Gasteiger charge is -2.18. The van der Waals surface area contributed by atoms with Crippen molar-refractivity contribution in [2.75, 3.05) is 18.9 Å². The molecule has 1 amide bonds. The summed E-state index contributed by atoms with van der Waals surface area (Å²) in [6, 6.07) is 6.29. The number of amides is 1. The van der Waals surface area contributed by atoms with Gasteiger partial charge < -0.3 is 11.1 Å². The second kappa shape index (κ2) is 4.94. The third-order valence-corrected chi connectivity index (χ3v) is 4.25. The molecular weight excluding hydrogens is 238 g/mol. The van der Waals surface area contributed by atoms with Gasteiger partial charge in [0.25, 0.3) is 0 Å². The van der Waals surface area contributed by atoms with Crippen LogP contribution in [-0.4, -0.2) is 36.5 Å². The normalized spacial score (nSPS) is 26.4. The van der Waals surface area contributed by atoms with Crippen molar-refractivity contribution in [2.45, 2.75) is 37.8 Å². The second-order valence-electron chi connectivity index (χ2n) is 5.78. The molecule has 2 atom stereocenters. The Balaban J connectivity index is 1.69. The smallest absolute Gasteiger partial charge is 0.241 e. The van der Waals surface area contributed by atoms with E-state index in [9.17, 15) is 4.79 Å². The van der Waals surface area contributed by atoms with Gasteiger partial charge in [0.05, 0.1) is 6.04 Å². The zero-order valence-corrected chi connectivity index (χ0v) is 11.4. The van der Waals surface area contributed by atoms with E-state index in [1.807, 2.05) is 18.0 Å². The molecule has 3 N–H and O–H groups in total. The molecule has 19 heavy (non-hydrogen) atoms. The molecule has 1 aliphatic heterocycles. The van der Waals surface area contributed by atoms with E-state index < -0.39 is 0 Å². The van der Waals surface area contributed by atoms with Crippen LogP contribution in [0.3, 0.4) is 0 Å². The summed E-state index contributed by atoms with van der Waals surface area (Å²) >= 11 is 0. The van der Waals surface area contributed by atoms with Crippen LogP contribution in [0.1, 0.15) is 24.0 Å². The second-order valence-corrected chi connectivity index (χ2v) is 5.78. The number of fused-ring (bicyclic) bond motifs is 1. The molecule has 1 heterocycles. The summed E-state index contributed by atoms with van der Waals surface area (Å²) in [7, 11) is 1.96. The van der Waals surface area contributed by atoms with Gasteiger partial charge in [-0.05, 0) is 56.0 Å². The molecule has 4 nitrogen and oxygen atoms in total. The molecule has 0 unspecified atom stereocenters. The highest BCUT2D eigenvalue weighted by atomic mass is 16.2. The molecule has 1 saturated heterocycles. The lowest BCUT2D eigenvalue weighted by molar-refractivity contribution is -0.119. The summed E-state index contributed by atoms with van der Waals surface area (Å²) in [5.74, 6) is 0.0633. The van der Waals surface area contributed by atoms with Gasteiger partial charge in [-0.2, -0.15) is 0 Å². The number of likely N-dealkylation sites (N-methyl/N-ethyl adjacent to an activating group) is 1. The molecule has 1 aliphatic carbocycles. The minimum absolute atomic E-state index is 0.0633. The number of nitrogens with zero attached hydrogens (tertiary/aromatic N) is 1. The summed E-state index contributed by atoms with van der Waals surface area (Å²) in [6.07, 6.45) is 4.28. The molecule has 3 rings (SSSR count). The Hall–Kier alpha value is -1.39. The van der Waals surface area contributed by atoms with Gasteiger partial charge in [0.1, 0.15) is 0 Å². The minimum atomic E-state index is -0.0942. The van der Waals surface area contributed by atoms with Crippen molar-refractivity contribution in [3.8, 4) is 0 Å². The number of benzene rings is 1. The molecule has 1 aromatic rings. The molecule has 102 valence electrons. The highest BCUT2D eigenvalue weighted by Crippen LogP contribution is 2.25. The number of hydrogen-bond acceptors (Lipinski definition) is 3. The van der Waals surface area contributed by atoms with Crippen LogP contribution in [0.15, 0.2) is 18.2 Å². The van der Waals surface area contributed by atoms with E-state index in [0.29, 0.717) is 0 Å². The Kier molecular flexibility index (Phi) is 3.29. The van der Waals surface area contributed by atoms with E-state index in [-0.39, 0.29) is 18.0 Å². The maximum atomic E-state index is 12.3. The average molecular weight is 259 g/mol. The Morgan fingerprint density at radius 3 is 2.89 bits per heavy atom. The van der Waals surface area contributed by atoms with Gasteiger partial charge in [0, 0.05) is 18.3 Å². The molecule has 0 aromatic heterocycles. The van der Waals surface area contributed by atoms with Gasteiger partial charge in [-0.3, -0.25) is 9.69 Å². The summed E-state index contributed by atoms with van der Waals surface area (Å²) in [5, 5.41) is 3.03. The molecular formula is C15H21N3O. The Morgan fingerprint density at radius 1 is 1.37 bits per heavy atom. The van der Waals surface area contributed by atoms with Crippen LogP contribution in [0.5, 0.6) is 0 Å². The van der Waals surface area contributed by atoms with E-state index in [0.717, 1.165) is 25.1 Å². The predicted molar refractivity (Wildman–Crippen MR) is 76.1 cm³/mol. The average Bonchev–Trinajstić information content (AvgIpc) is 2.94. The Bertz CT molecular complexity index is 500. The van der Waals surface area contributed by atoms with Crippen molar-refractivity contribution in [3.63, 3.8) is 0 Å². The van der Waals surface area contributed by atoms with E-state index >= 15 is 0 Å². The number of aryl methyl sites for hydroxylation is 2. The maximum absolute atomic E-state index is 12.3. The topological polar surface area (TPSA) is 58.4 Å². The molecule has 1 fully saturated rings. The quantitative estimate of drug-likeness (QED) is 0.837. The Labute approximate surface area is 114 Å². The van der Waals surface area contributed by atoms with Crippen LogP contribution >= 0.6 is 0 Å². The summed E-state index contributed by atoms with van der Waals surface area (Å²) in [6.45, 7) is 0.794. The number of carbonyl (C=O) groups excluding carboxylic acids is 1. The largest absolute Gasteiger partial charge is 0.326 e. The monoisotopic (exact) mass is 259 g/mol. The lowest BCUT2D eigenvalue weighted by atomic mass is 10.1. The first-order valence-corrected chi connectivity index (χ1v) is 7.02. The fourth-order valence-electron chi connectivity index (χ4n) is 3.22. The van der Waals surface area contributed by atoms with Gasteiger partial charge >= 0.3 is 0 Å². The molecule has 0 spiro atoms. The van der Waals surface area contributed by atoms with Crippen LogP contribution in [0.2, 0.25) is 0 Å². The minimum Gasteiger partial charge on any atom is -0.326 e. The fraction of sp³-hybridized carbons (Fsp3) is 0.533. The number of rotatable bonds is 2. The van der Waals surface area contributed by atoms with Crippen LogP contribution in [0.25, 0.3) is 0 Å². The number of anilines is 1. The first-order chi connectivity index (χ1) is 9.13. The van der Waals surface area contributed by atoms with Gasteiger partial charge in [0.2, 0.25) is 5.91 Å². The number of hydrogen-bond donors (Lipinski definition) is 2. The van der Waals surface area contributed by atoms with Crippen molar-refractivity contribution < 1.29 is 4.79 Å². The molecule has 4 heteroatoms. The number of carbonyl (C=O) groups is 1. The SMILES string of the molecule is CN1C[C@H](N)C[C@H]1C(=O)Nc1ccc2c(c1)CCC2. The van der Waals surface area contributed by atoms with Crippen LogP contribution in [-0.2, 0) is 17.6 Å². The van der Waals surface area contributed by atoms with E-state index in [4.69, 9.17) is 5.73 Å². The number of likely N-dealkylation sites (tertiary alicyclic amines) is 1. The van der Waals surface area contributed by atoms with E-state index in [1.54, 1.807) is 0 Å². The lowest BCUT2D eigenvalue weighted by Crippen LogP contribution is -2.37. The third kappa shape index (κ3) is 2.51. The standard InChI is InChI=1S/C15H21N3O/c1-18-9-12(16)8-14(18)15(19)17-13-6-5-10-3-2-4-11(10)7-13/h5-7,12,14H,2-4,8-9,16H2,1H3,(H,17,19)/t12-,14+/m1/s1. The molecule has 2 aliphatic rings. The first kappa shape index (κ1) is 12.6. The van der Waals surface area contributed by atoms with Crippen LogP contribution in [0.4, 0.5) is 5.69 Å². The van der Waals surface area contributed by atoms with Gasteiger partial charge in [-0.15, -0.1) is 0 Å². The van der Waals surface area contributed by atoms with E-state index in [1.165, 1.54) is 24.0 Å². The summed E-state index contributed by atoms with van der Waals surface area (Å²) in [4.78, 5) is 14.3. The zero-order valence-electron chi connectivity index (χ0n) is 11.4. The third-order valence-electron chi connectivity index (χ3n) is 4.25. The highest BCUT2D eigenvalue weighted by molar-refractivity contribution is 5.95. The highest BCUT2D eigenvalue weighted by Gasteiger charge is 2.32. The van der Waals surface area contributed by atoms with Crippen LogP contribution < -0.4 is 11.1 Å². The van der Waals surface area contributed by atoms with Gasteiger partial charge in [-0.1, -0.05) is 6.07 Å².